The smallest absolute Gasteiger partial charge is 0.274 e. The molecule has 1 aromatic carbocycles. The largest absolute Gasteiger partial charge is 0.491 e. The van der Waals surface area contributed by atoms with Gasteiger partial charge in [-0.05, 0) is 31.2 Å². The zero-order valence-corrected chi connectivity index (χ0v) is 14.2. The van der Waals surface area contributed by atoms with Crippen LogP contribution in [0.2, 0.25) is 0 Å². The molecule has 1 aliphatic heterocycles. The number of carbonyl (C=O) groups is 1. The Hall–Kier alpha value is -2.15. The average molecular weight is 378 g/mol. The molecule has 0 fully saturated rings. The lowest BCUT2D eigenvalue weighted by Crippen LogP contribution is -2.34. The SMILES string of the molecule is CCn1nc(C(=O)N2CCOc3ccc(Br)cc3C2)ccc1=O. The van der Waals surface area contributed by atoms with Gasteiger partial charge in [0.25, 0.3) is 11.5 Å². The van der Waals surface area contributed by atoms with Crippen LogP contribution in [0.5, 0.6) is 5.75 Å². The monoisotopic (exact) mass is 377 g/mol. The molecule has 6 nitrogen and oxygen atoms in total. The Labute approximate surface area is 141 Å². The first-order valence-corrected chi connectivity index (χ1v) is 8.16. The van der Waals surface area contributed by atoms with E-state index in [-0.39, 0.29) is 17.2 Å². The van der Waals surface area contributed by atoms with E-state index in [0.717, 1.165) is 15.8 Å². The van der Waals surface area contributed by atoms with E-state index in [1.54, 1.807) is 4.90 Å². The van der Waals surface area contributed by atoms with Gasteiger partial charge in [0, 0.05) is 29.2 Å². The normalized spacial score (nSPS) is 13.9. The number of hydrogen-bond donors (Lipinski definition) is 0. The molecule has 2 aromatic rings. The summed E-state index contributed by atoms with van der Waals surface area (Å²) in [5.41, 5.74) is 0.997. The summed E-state index contributed by atoms with van der Waals surface area (Å²) in [5.74, 6) is 0.582. The van der Waals surface area contributed by atoms with Gasteiger partial charge in [0.2, 0.25) is 0 Å². The zero-order chi connectivity index (χ0) is 16.4. The zero-order valence-electron chi connectivity index (χ0n) is 12.7. The van der Waals surface area contributed by atoms with Crippen molar-refractivity contribution in [2.45, 2.75) is 20.0 Å². The minimum atomic E-state index is -0.211. The Balaban J connectivity index is 1.89. The predicted molar refractivity (Wildman–Crippen MR) is 88.5 cm³/mol. The second-order valence-electron chi connectivity index (χ2n) is 5.20. The highest BCUT2D eigenvalue weighted by molar-refractivity contribution is 9.10. The molecule has 0 spiro atoms. The first-order valence-electron chi connectivity index (χ1n) is 7.37. The lowest BCUT2D eigenvalue weighted by molar-refractivity contribution is 0.0724. The first kappa shape index (κ1) is 15.7. The van der Waals surface area contributed by atoms with E-state index < -0.39 is 0 Å². The number of fused-ring (bicyclic) bond motifs is 1. The third-order valence-corrected chi connectivity index (χ3v) is 4.17. The molecule has 0 saturated carbocycles. The molecule has 3 rings (SSSR count). The molecule has 120 valence electrons. The highest BCUT2D eigenvalue weighted by atomic mass is 79.9. The number of halogens is 1. The van der Waals surface area contributed by atoms with Crippen LogP contribution in [-0.4, -0.2) is 33.7 Å². The van der Waals surface area contributed by atoms with Crippen molar-refractivity contribution < 1.29 is 9.53 Å². The lowest BCUT2D eigenvalue weighted by Gasteiger charge is -2.19. The van der Waals surface area contributed by atoms with Gasteiger partial charge in [0.1, 0.15) is 18.1 Å². The average Bonchev–Trinajstić information content (AvgIpc) is 2.76. The molecule has 0 bridgehead atoms. The number of aryl methyl sites for hydroxylation is 1. The third-order valence-electron chi connectivity index (χ3n) is 3.67. The summed E-state index contributed by atoms with van der Waals surface area (Å²) in [4.78, 5) is 26.0. The molecule has 2 heterocycles. The molecule has 1 aromatic heterocycles. The second-order valence-corrected chi connectivity index (χ2v) is 6.12. The van der Waals surface area contributed by atoms with Crippen LogP contribution in [0, 0.1) is 0 Å². The summed E-state index contributed by atoms with van der Waals surface area (Å²) in [6.45, 7) is 3.58. The number of nitrogens with zero attached hydrogens (tertiary/aromatic N) is 3. The number of ether oxygens (including phenoxy) is 1. The summed E-state index contributed by atoms with van der Waals surface area (Å²) in [6.07, 6.45) is 0. The molecule has 23 heavy (non-hydrogen) atoms. The number of benzene rings is 1. The van der Waals surface area contributed by atoms with Gasteiger partial charge in [-0.1, -0.05) is 15.9 Å². The van der Waals surface area contributed by atoms with Crippen LogP contribution in [-0.2, 0) is 13.1 Å². The van der Waals surface area contributed by atoms with Crippen molar-refractivity contribution in [2.24, 2.45) is 0 Å². The van der Waals surface area contributed by atoms with E-state index in [4.69, 9.17) is 4.74 Å². The standard InChI is InChI=1S/C16H16BrN3O3/c1-2-20-15(21)6-4-13(18-20)16(22)19-7-8-23-14-5-3-12(17)9-11(14)10-19/h3-6,9H,2,7-8,10H2,1H3. The van der Waals surface area contributed by atoms with Crippen molar-refractivity contribution in [3.63, 3.8) is 0 Å². The van der Waals surface area contributed by atoms with Crippen molar-refractivity contribution in [1.29, 1.82) is 0 Å². The maximum atomic E-state index is 12.7. The van der Waals surface area contributed by atoms with Gasteiger partial charge in [-0.2, -0.15) is 5.10 Å². The minimum Gasteiger partial charge on any atom is -0.491 e. The molecular formula is C16H16BrN3O3. The van der Waals surface area contributed by atoms with Gasteiger partial charge in [0.05, 0.1) is 6.54 Å². The molecule has 0 radical (unpaired) electrons. The predicted octanol–water partition coefficient (Wildman–Crippen LogP) is 2.06. The number of amides is 1. The fourth-order valence-electron chi connectivity index (χ4n) is 2.49. The number of rotatable bonds is 2. The lowest BCUT2D eigenvalue weighted by atomic mass is 10.2. The minimum absolute atomic E-state index is 0.205. The number of hydrogen-bond acceptors (Lipinski definition) is 4. The topological polar surface area (TPSA) is 64.4 Å². The van der Waals surface area contributed by atoms with Crippen molar-refractivity contribution >= 4 is 21.8 Å². The van der Waals surface area contributed by atoms with E-state index in [0.29, 0.717) is 26.2 Å². The van der Waals surface area contributed by atoms with Crippen LogP contribution in [0.4, 0.5) is 0 Å². The van der Waals surface area contributed by atoms with Crippen molar-refractivity contribution in [3.8, 4) is 5.75 Å². The van der Waals surface area contributed by atoms with Crippen LogP contribution in [0.3, 0.4) is 0 Å². The number of aromatic nitrogens is 2. The van der Waals surface area contributed by atoms with Gasteiger partial charge in [-0.25, -0.2) is 4.68 Å². The summed E-state index contributed by atoms with van der Waals surface area (Å²) in [7, 11) is 0. The second kappa shape index (κ2) is 6.54. The van der Waals surface area contributed by atoms with Crippen LogP contribution in [0.25, 0.3) is 0 Å². The van der Waals surface area contributed by atoms with Crippen molar-refractivity contribution in [1.82, 2.24) is 14.7 Å². The molecule has 0 aliphatic carbocycles. The Morgan fingerprint density at radius 3 is 2.96 bits per heavy atom. The van der Waals surface area contributed by atoms with Gasteiger partial charge in [-0.15, -0.1) is 0 Å². The maximum absolute atomic E-state index is 12.7. The summed E-state index contributed by atoms with van der Waals surface area (Å²) >= 11 is 3.44. The van der Waals surface area contributed by atoms with Crippen LogP contribution < -0.4 is 10.3 Å². The van der Waals surface area contributed by atoms with Gasteiger partial charge >= 0.3 is 0 Å². The van der Waals surface area contributed by atoms with E-state index in [9.17, 15) is 9.59 Å². The van der Waals surface area contributed by atoms with Crippen LogP contribution in [0.1, 0.15) is 23.0 Å². The highest BCUT2D eigenvalue weighted by Crippen LogP contribution is 2.26. The Morgan fingerprint density at radius 1 is 1.35 bits per heavy atom. The maximum Gasteiger partial charge on any atom is 0.274 e. The first-order chi connectivity index (χ1) is 11.1. The van der Waals surface area contributed by atoms with Crippen LogP contribution in [0.15, 0.2) is 39.6 Å². The van der Waals surface area contributed by atoms with Crippen molar-refractivity contribution in [2.75, 3.05) is 13.2 Å². The van der Waals surface area contributed by atoms with Gasteiger partial charge < -0.3 is 9.64 Å². The molecule has 7 heteroatoms. The Morgan fingerprint density at radius 2 is 2.17 bits per heavy atom. The summed E-state index contributed by atoms with van der Waals surface area (Å²) in [5, 5.41) is 4.13. The highest BCUT2D eigenvalue weighted by Gasteiger charge is 2.22. The van der Waals surface area contributed by atoms with Crippen molar-refractivity contribution in [3.05, 3.63) is 56.4 Å². The molecule has 1 amide bonds. The van der Waals surface area contributed by atoms with Gasteiger partial charge in [-0.3, -0.25) is 9.59 Å². The van der Waals surface area contributed by atoms with E-state index >= 15 is 0 Å². The number of carbonyl (C=O) groups excluding carboxylic acids is 1. The van der Waals surface area contributed by atoms with Crippen LogP contribution >= 0.6 is 15.9 Å². The summed E-state index contributed by atoms with van der Waals surface area (Å²) < 4.78 is 7.91. The van der Waals surface area contributed by atoms with E-state index in [2.05, 4.69) is 21.0 Å². The quantitative estimate of drug-likeness (QED) is 0.803. The molecule has 1 aliphatic rings. The molecule has 0 N–H and O–H groups in total. The summed E-state index contributed by atoms with van der Waals surface area (Å²) in [6, 6.07) is 8.60. The van der Waals surface area contributed by atoms with E-state index in [1.807, 2.05) is 25.1 Å². The molecule has 0 saturated heterocycles. The Bertz CT molecular complexity index is 803. The fourth-order valence-corrected chi connectivity index (χ4v) is 2.90. The van der Waals surface area contributed by atoms with E-state index in [1.165, 1.54) is 16.8 Å². The van der Waals surface area contributed by atoms with Gasteiger partial charge in [0.15, 0.2) is 0 Å². The molecule has 0 atom stereocenters. The molecular weight excluding hydrogens is 362 g/mol. The third kappa shape index (κ3) is 3.29. The Kier molecular flexibility index (Phi) is 4.47. The fraction of sp³-hybridized carbons (Fsp3) is 0.312. The molecule has 0 unspecified atom stereocenters.